The number of ether oxygens (including phenoxy) is 2. The first-order valence-electron chi connectivity index (χ1n) is 7.51. The van der Waals surface area contributed by atoms with Crippen LogP contribution in [0.5, 0.6) is 11.5 Å². The standard InChI is InChI=1S/C16H14N4O3S/c1-9(10-2-3-12-13(6-10)23-8-22-12)15(21)18-14-11(7-17)20-4-5-24-16(20)19-14/h2-3,6,9H,4-5,8H2,1H3,(H,18,21). The van der Waals surface area contributed by atoms with Crippen LogP contribution in [0.3, 0.4) is 0 Å². The summed E-state index contributed by atoms with van der Waals surface area (Å²) in [4.78, 5) is 16.9. The quantitative estimate of drug-likeness (QED) is 0.921. The van der Waals surface area contributed by atoms with Crippen LogP contribution in [0.1, 0.15) is 24.1 Å². The predicted octanol–water partition coefficient (Wildman–Crippen LogP) is 2.33. The van der Waals surface area contributed by atoms with E-state index in [-0.39, 0.29) is 12.7 Å². The number of rotatable bonds is 3. The van der Waals surface area contributed by atoms with Crippen molar-refractivity contribution in [2.24, 2.45) is 0 Å². The lowest BCUT2D eigenvalue weighted by Crippen LogP contribution is -2.20. The molecule has 1 aromatic carbocycles. The van der Waals surface area contributed by atoms with Crippen molar-refractivity contribution in [1.82, 2.24) is 9.55 Å². The maximum atomic E-state index is 12.6. The van der Waals surface area contributed by atoms with Crippen LogP contribution in [-0.4, -0.2) is 28.0 Å². The van der Waals surface area contributed by atoms with Crippen molar-refractivity contribution in [2.75, 3.05) is 17.9 Å². The lowest BCUT2D eigenvalue weighted by Gasteiger charge is -2.12. The third-order valence-electron chi connectivity index (χ3n) is 4.12. The molecule has 0 fully saturated rings. The van der Waals surface area contributed by atoms with Crippen LogP contribution in [0.25, 0.3) is 0 Å². The molecule has 1 amide bonds. The summed E-state index contributed by atoms with van der Waals surface area (Å²) in [6, 6.07) is 7.57. The number of anilines is 1. The molecular formula is C16H14N4O3S. The highest BCUT2D eigenvalue weighted by Crippen LogP contribution is 2.35. The van der Waals surface area contributed by atoms with Gasteiger partial charge in [-0.3, -0.25) is 4.79 Å². The number of fused-ring (bicyclic) bond motifs is 2. The number of hydrogen-bond donors (Lipinski definition) is 1. The number of thioether (sulfide) groups is 1. The van der Waals surface area contributed by atoms with Gasteiger partial charge < -0.3 is 19.4 Å². The van der Waals surface area contributed by atoms with Gasteiger partial charge in [0.05, 0.1) is 5.92 Å². The van der Waals surface area contributed by atoms with E-state index in [4.69, 9.17) is 9.47 Å². The minimum atomic E-state index is -0.407. The molecule has 0 aliphatic carbocycles. The molecule has 2 aromatic rings. The zero-order chi connectivity index (χ0) is 16.7. The number of carbonyl (C=O) groups excluding carboxylic acids is 1. The van der Waals surface area contributed by atoms with E-state index in [0.717, 1.165) is 23.0 Å². The minimum Gasteiger partial charge on any atom is -0.454 e. The zero-order valence-corrected chi connectivity index (χ0v) is 13.7. The molecule has 4 rings (SSSR count). The van der Waals surface area contributed by atoms with Crippen molar-refractivity contribution < 1.29 is 14.3 Å². The normalized spacial score (nSPS) is 15.7. The zero-order valence-electron chi connectivity index (χ0n) is 12.9. The first-order chi connectivity index (χ1) is 11.7. The molecule has 1 N–H and O–H groups in total. The highest BCUT2D eigenvalue weighted by Gasteiger charge is 2.25. The van der Waals surface area contributed by atoms with Gasteiger partial charge >= 0.3 is 0 Å². The van der Waals surface area contributed by atoms with Crippen LogP contribution in [0.4, 0.5) is 5.82 Å². The smallest absolute Gasteiger partial charge is 0.232 e. The third kappa shape index (κ3) is 2.37. The molecule has 2 aliphatic heterocycles. The first-order valence-corrected chi connectivity index (χ1v) is 8.50. The molecule has 0 bridgehead atoms. The Morgan fingerprint density at radius 2 is 2.29 bits per heavy atom. The molecule has 0 spiro atoms. The number of amides is 1. The summed E-state index contributed by atoms with van der Waals surface area (Å²) in [5, 5.41) is 12.9. The Balaban J connectivity index is 1.55. The van der Waals surface area contributed by atoms with E-state index >= 15 is 0 Å². The maximum absolute atomic E-state index is 12.6. The highest BCUT2D eigenvalue weighted by molar-refractivity contribution is 7.99. The van der Waals surface area contributed by atoms with E-state index < -0.39 is 5.92 Å². The Hall–Kier alpha value is -2.66. The van der Waals surface area contributed by atoms with E-state index in [2.05, 4.69) is 16.4 Å². The topological polar surface area (TPSA) is 89.2 Å². The second kappa shape index (κ2) is 5.76. The molecule has 0 saturated heterocycles. The number of nitrogens with one attached hydrogen (secondary N) is 1. The van der Waals surface area contributed by atoms with Gasteiger partial charge in [0, 0.05) is 12.3 Å². The molecule has 1 atom stereocenters. The number of aromatic nitrogens is 2. The van der Waals surface area contributed by atoms with Crippen molar-refractivity contribution >= 4 is 23.5 Å². The molecule has 2 aliphatic rings. The van der Waals surface area contributed by atoms with Gasteiger partial charge in [0.1, 0.15) is 6.07 Å². The molecule has 0 radical (unpaired) electrons. The molecular weight excluding hydrogens is 328 g/mol. The molecule has 7 nitrogen and oxygen atoms in total. The summed E-state index contributed by atoms with van der Waals surface area (Å²) in [5.74, 6) is 1.93. The lowest BCUT2D eigenvalue weighted by atomic mass is 10.00. The summed E-state index contributed by atoms with van der Waals surface area (Å²) in [6.07, 6.45) is 0. The van der Waals surface area contributed by atoms with E-state index in [1.165, 1.54) is 0 Å². The molecule has 3 heterocycles. The molecule has 1 unspecified atom stereocenters. The van der Waals surface area contributed by atoms with Gasteiger partial charge in [0.2, 0.25) is 12.7 Å². The number of benzene rings is 1. The number of nitrogens with zero attached hydrogens (tertiary/aromatic N) is 3. The fraction of sp³-hybridized carbons (Fsp3) is 0.312. The van der Waals surface area contributed by atoms with E-state index in [9.17, 15) is 10.1 Å². The predicted molar refractivity (Wildman–Crippen MR) is 87.3 cm³/mol. The molecule has 8 heteroatoms. The van der Waals surface area contributed by atoms with E-state index in [0.29, 0.717) is 23.0 Å². The van der Waals surface area contributed by atoms with Crippen molar-refractivity contribution in [1.29, 1.82) is 5.26 Å². The third-order valence-corrected chi connectivity index (χ3v) is 5.07. The summed E-state index contributed by atoms with van der Waals surface area (Å²) < 4.78 is 12.5. The Kier molecular flexibility index (Phi) is 3.58. The SMILES string of the molecule is CC(C(=O)Nc1nc2n(c1C#N)CCS2)c1ccc2c(c1)OCO2. The van der Waals surface area contributed by atoms with Crippen LogP contribution in [0.15, 0.2) is 23.4 Å². The number of carbonyl (C=O) groups is 1. The van der Waals surface area contributed by atoms with Gasteiger partial charge in [0.15, 0.2) is 28.2 Å². The average molecular weight is 342 g/mol. The Morgan fingerprint density at radius 3 is 3.12 bits per heavy atom. The van der Waals surface area contributed by atoms with E-state index in [1.54, 1.807) is 30.8 Å². The monoisotopic (exact) mass is 342 g/mol. The highest BCUT2D eigenvalue weighted by atomic mass is 32.2. The summed E-state index contributed by atoms with van der Waals surface area (Å²) in [6.45, 7) is 2.74. The Morgan fingerprint density at radius 1 is 1.46 bits per heavy atom. The van der Waals surface area contributed by atoms with E-state index in [1.807, 2.05) is 10.6 Å². The lowest BCUT2D eigenvalue weighted by molar-refractivity contribution is -0.117. The molecule has 0 saturated carbocycles. The largest absolute Gasteiger partial charge is 0.454 e. The summed E-state index contributed by atoms with van der Waals surface area (Å²) in [7, 11) is 0. The van der Waals surface area contributed by atoms with Crippen molar-refractivity contribution in [3.8, 4) is 17.6 Å². The second-order valence-electron chi connectivity index (χ2n) is 5.53. The minimum absolute atomic E-state index is 0.197. The van der Waals surface area contributed by atoms with Gasteiger partial charge in [-0.15, -0.1) is 0 Å². The molecule has 24 heavy (non-hydrogen) atoms. The Bertz CT molecular complexity index is 871. The van der Waals surface area contributed by atoms with Gasteiger partial charge in [-0.05, 0) is 24.6 Å². The maximum Gasteiger partial charge on any atom is 0.232 e. The Labute approximate surface area is 142 Å². The average Bonchev–Trinajstić information content (AvgIpc) is 3.28. The van der Waals surface area contributed by atoms with Crippen LogP contribution in [0.2, 0.25) is 0 Å². The van der Waals surface area contributed by atoms with Crippen LogP contribution >= 0.6 is 11.8 Å². The molecule has 122 valence electrons. The second-order valence-corrected chi connectivity index (χ2v) is 6.59. The number of imidazole rings is 1. The van der Waals surface area contributed by atoms with Gasteiger partial charge in [-0.25, -0.2) is 4.98 Å². The fourth-order valence-corrected chi connectivity index (χ4v) is 3.69. The van der Waals surface area contributed by atoms with Crippen LogP contribution in [-0.2, 0) is 11.3 Å². The van der Waals surface area contributed by atoms with Crippen molar-refractivity contribution in [2.45, 2.75) is 24.5 Å². The summed E-state index contributed by atoms with van der Waals surface area (Å²) >= 11 is 1.58. The first kappa shape index (κ1) is 14.9. The molecule has 1 aromatic heterocycles. The van der Waals surface area contributed by atoms with Gasteiger partial charge in [-0.2, -0.15) is 5.26 Å². The van der Waals surface area contributed by atoms with Crippen LogP contribution in [0, 0.1) is 11.3 Å². The van der Waals surface area contributed by atoms with Gasteiger partial charge in [-0.1, -0.05) is 17.8 Å². The van der Waals surface area contributed by atoms with Gasteiger partial charge in [0.25, 0.3) is 0 Å². The fourth-order valence-electron chi connectivity index (χ4n) is 2.74. The van der Waals surface area contributed by atoms with Crippen molar-refractivity contribution in [3.63, 3.8) is 0 Å². The van der Waals surface area contributed by atoms with Crippen molar-refractivity contribution in [3.05, 3.63) is 29.5 Å². The number of nitriles is 1. The summed E-state index contributed by atoms with van der Waals surface area (Å²) in [5.41, 5.74) is 1.22. The number of hydrogen-bond acceptors (Lipinski definition) is 6. The van der Waals surface area contributed by atoms with Crippen LogP contribution < -0.4 is 14.8 Å².